The monoisotopic (exact) mass is 371 g/mol. The molecule has 0 spiro atoms. The Morgan fingerprint density at radius 3 is 2.17 bits per heavy atom. The minimum absolute atomic E-state index is 0.268. The Morgan fingerprint density at radius 1 is 1.38 bits per heavy atom. The van der Waals surface area contributed by atoms with E-state index in [1.54, 1.807) is 0 Å². The largest absolute Gasteiger partial charge is 0.490 e. The smallest absolute Gasteiger partial charge is 0.475 e. The first-order valence-corrected chi connectivity index (χ1v) is 8.72. The summed E-state index contributed by atoms with van der Waals surface area (Å²) in [7, 11) is -3.11. The summed E-state index contributed by atoms with van der Waals surface area (Å²) >= 11 is 0. The van der Waals surface area contributed by atoms with Gasteiger partial charge in [0.2, 0.25) is 5.91 Å². The summed E-state index contributed by atoms with van der Waals surface area (Å²) in [5, 5.41) is 21.0. The molecule has 3 N–H and O–H groups in total. The summed E-state index contributed by atoms with van der Waals surface area (Å²) in [6.45, 7) is 0.302. The van der Waals surface area contributed by atoms with Gasteiger partial charge in [-0.3, -0.25) is 4.79 Å². The fraction of sp³-hybridized carbons (Fsp3) is 0.750. The maximum atomic E-state index is 11.8. The van der Waals surface area contributed by atoms with Gasteiger partial charge < -0.3 is 15.7 Å². The van der Waals surface area contributed by atoms with Crippen LogP contribution in [0.5, 0.6) is 0 Å². The zero-order chi connectivity index (χ0) is 18.8. The molecule has 1 amide bonds. The number of nitrogens with one attached hydrogen (secondary N) is 2. The van der Waals surface area contributed by atoms with Crippen molar-refractivity contribution < 1.29 is 36.3 Å². The third-order valence-electron chi connectivity index (χ3n) is 3.58. The Labute approximate surface area is 135 Å². The van der Waals surface area contributed by atoms with Crippen molar-refractivity contribution >= 4 is 21.7 Å². The number of amides is 1. The summed E-state index contributed by atoms with van der Waals surface area (Å²) in [4.78, 5) is 20.7. The van der Waals surface area contributed by atoms with Crippen molar-refractivity contribution in [2.45, 2.75) is 42.3 Å². The molecule has 0 aromatic heterocycles. The molecule has 0 aromatic rings. The molecule has 1 saturated carbocycles. The third-order valence-corrected chi connectivity index (χ3v) is 5.15. The molecule has 136 valence electrons. The van der Waals surface area contributed by atoms with Gasteiger partial charge in [0.1, 0.15) is 5.54 Å². The van der Waals surface area contributed by atoms with E-state index in [2.05, 4.69) is 16.7 Å². The van der Waals surface area contributed by atoms with E-state index in [9.17, 15) is 26.4 Å². The van der Waals surface area contributed by atoms with Crippen LogP contribution in [0.15, 0.2) is 0 Å². The number of carboxylic acids is 1. The van der Waals surface area contributed by atoms with E-state index in [-0.39, 0.29) is 12.3 Å². The van der Waals surface area contributed by atoms with Crippen molar-refractivity contribution in [1.29, 1.82) is 5.26 Å². The quantitative estimate of drug-likeness (QED) is 0.612. The van der Waals surface area contributed by atoms with Crippen molar-refractivity contribution in [3.8, 4) is 6.07 Å². The zero-order valence-corrected chi connectivity index (χ0v) is 13.4. The zero-order valence-electron chi connectivity index (χ0n) is 12.6. The van der Waals surface area contributed by atoms with E-state index in [4.69, 9.17) is 15.2 Å². The number of alkyl halides is 3. The molecule has 1 aliphatic carbocycles. The molecule has 0 radical (unpaired) electrons. The molecule has 2 aliphatic rings. The van der Waals surface area contributed by atoms with Crippen molar-refractivity contribution in [2.24, 2.45) is 0 Å². The maximum absolute atomic E-state index is 11.8. The van der Waals surface area contributed by atoms with Crippen LogP contribution in [0.4, 0.5) is 13.2 Å². The predicted molar refractivity (Wildman–Crippen MR) is 74.5 cm³/mol. The number of sulfone groups is 1. The molecule has 2 rings (SSSR count). The van der Waals surface area contributed by atoms with Gasteiger partial charge in [0.25, 0.3) is 0 Å². The van der Waals surface area contributed by atoms with Gasteiger partial charge in [-0.15, -0.1) is 0 Å². The summed E-state index contributed by atoms with van der Waals surface area (Å²) in [6.07, 6.45) is -2.27. The molecule has 0 unspecified atom stereocenters. The van der Waals surface area contributed by atoms with Gasteiger partial charge in [0, 0.05) is 12.8 Å². The Kier molecular flexibility index (Phi) is 5.83. The number of rotatable bonds is 3. The van der Waals surface area contributed by atoms with Crippen molar-refractivity contribution in [3.05, 3.63) is 0 Å². The number of halogens is 3. The number of aliphatic carboxylic acids is 1. The Hall–Kier alpha value is -1.87. The Morgan fingerprint density at radius 2 is 1.88 bits per heavy atom. The van der Waals surface area contributed by atoms with Crippen LogP contribution in [-0.4, -0.2) is 61.2 Å². The average molecular weight is 371 g/mol. The minimum atomic E-state index is -5.08. The second kappa shape index (κ2) is 6.94. The topological polar surface area (TPSA) is 136 Å². The van der Waals surface area contributed by atoms with Crippen LogP contribution in [0, 0.1) is 11.3 Å². The lowest BCUT2D eigenvalue weighted by atomic mass is 10.2. The van der Waals surface area contributed by atoms with Crippen LogP contribution in [0.3, 0.4) is 0 Å². The highest BCUT2D eigenvalue weighted by Gasteiger charge is 2.46. The SMILES string of the molecule is CS(=O)(=O)[C@H]1CN[C@H](C(=O)NC2(C#N)CC2)C1.O=C(O)C(F)(F)F. The highest BCUT2D eigenvalue weighted by Crippen LogP contribution is 2.34. The number of nitriles is 1. The third kappa shape index (κ3) is 5.64. The average Bonchev–Trinajstić information content (AvgIpc) is 3.01. The molecule has 12 heteroatoms. The van der Waals surface area contributed by atoms with Gasteiger partial charge >= 0.3 is 12.1 Å². The second-order valence-corrected chi connectivity index (χ2v) is 7.96. The first-order valence-electron chi connectivity index (χ1n) is 6.76. The molecule has 0 aromatic carbocycles. The molecule has 1 aliphatic heterocycles. The summed E-state index contributed by atoms with van der Waals surface area (Å²) in [5.41, 5.74) is -0.693. The fourth-order valence-corrected chi connectivity index (χ4v) is 2.88. The fourth-order valence-electron chi connectivity index (χ4n) is 1.94. The van der Waals surface area contributed by atoms with Crippen LogP contribution in [0.2, 0.25) is 0 Å². The number of carboxylic acid groups (broad SMARTS) is 1. The van der Waals surface area contributed by atoms with Crippen molar-refractivity contribution in [1.82, 2.24) is 10.6 Å². The van der Waals surface area contributed by atoms with Gasteiger partial charge in [-0.05, 0) is 19.3 Å². The Bertz CT molecular complexity index is 652. The number of hydrogen-bond acceptors (Lipinski definition) is 6. The van der Waals surface area contributed by atoms with E-state index in [1.165, 1.54) is 6.26 Å². The van der Waals surface area contributed by atoms with E-state index in [1.807, 2.05) is 0 Å². The standard InChI is InChI=1S/C10H15N3O3S.C2HF3O2/c1-17(15,16)7-4-8(12-5-7)9(14)13-10(6-11)2-3-10;3-2(4,5)1(6)7/h7-8,12H,2-5H2,1H3,(H,13,14);(H,6,7)/t7-,8+;/m1./s1. The molecular weight excluding hydrogens is 355 g/mol. The van der Waals surface area contributed by atoms with Crippen LogP contribution in [0.1, 0.15) is 19.3 Å². The van der Waals surface area contributed by atoms with Crippen LogP contribution >= 0.6 is 0 Å². The highest BCUT2D eigenvalue weighted by molar-refractivity contribution is 7.91. The van der Waals surface area contributed by atoms with E-state index >= 15 is 0 Å². The van der Waals surface area contributed by atoms with E-state index in [0.29, 0.717) is 19.4 Å². The van der Waals surface area contributed by atoms with Gasteiger partial charge in [-0.2, -0.15) is 18.4 Å². The second-order valence-electron chi connectivity index (χ2n) is 5.63. The van der Waals surface area contributed by atoms with Crippen LogP contribution < -0.4 is 10.6 Å². The predicted octanol–water partition coefficient (Wildman–Crippen LogP) is -0.433. The van der Waals surface area contributed by atoms with Crippen molar-refractivity contribution in [2.75, 3.05) is 12.8 Å². The Balaban J connectivity index is 0.000000351. The van der Waals surface area contributed by atoms with Gasteiger partial charge in [0.15, 0.2) is 9.84 Å². The van der Waals surface area contributed by atoms with Crippen LogP contribution in [0.25, 0.3) is 0 Å². The first-order chi connectivity index (χ1) is 10.8. The normalized spacial score (nSPS) is 25.0. The highest BCUT2D eigenvalue weighted by atomic mass is 32.2. The molecule has 1 saturated heterocycles. The molecule has 1 heterocycles. The maximum Gasteiger partial charge on any atom is 0.490 e. The summed E-state index contributed by atoms with van der Waals surface area (Å²) in [6, 6.07) is 1.57. The van der Waals surface area contributed by atoms with Gasteiger partial charge in [0.05, 0.1) is 17.4 Å². The number of carbonyl (C=O) groups excluding carboxylic acids is 1. The molecule has 24 heavy (non-hydrogen) atoms. The molecule has 8 nitrogen and oxygen atoms in total. The first kappa shape index (κ1) is 20.2. The number of carbonyl (C=O) groups is 2. The lowest BCUT2D eigenvalue weighted by Gasteiger charge is -2.14. The molecule has 2 fully saturated rings. The van der Waals surface area contributed by atoms with E-state index in [0.717, 1.165) is 0 Å². The lowest BCUT2D eigenvalue weighted by Crippen LogP contribution is -2.45. The van der Waals surface area contributed by atoms with Gasteiger partial charge in [-0.1, -0.05) is 0 Å². The van der Waals surface area contributed by atoms with Gasteiger partial charge in [-0.25, -0.2) is 13.2 Å². The minimum Gasteiger partial charge on any atom is -0.475 e. The number of nitrogens with zero attached hydrogens (tertiary/aromatic N) is 1. The lowest BCUT2D eigenvalue weighted by molar-refractivity contribution is -0.192. The summed E-state index contributed by atoms with van der Waals surface area (Å²) < 4.78 is 54.4. The molecule has 0 bridgehead atoms. The number of hydrogen-bond donors (Lipinski definition) is 3. The van der Waals surface area contributed by atoms with Crippen molar-refractivity contribution in [3.63, 3.8) is 0 Å². The molecular formula is C12H16F3N3O5S. The van der Waals surface area contributed by atoms with Crippen LogP contribution in [-0.2, 0) is 19.4 Å². The molecule has 2 atom stereocenters. The van der Waals surface area contributed by atoms with E-state index < -0.39 is 38.8 Å². The summed E-state index contributed by atoms with van der Waals surface area (Å²) in [5.74, 6) is -3.03.